The molecule has 1 aromatic heterocycles. The molecule has 1 saturated carbocycles. The summed E-state index contributed by atoms with van der Waals surface area (Å²) in [5.74, 6) is -0.689. The predicted molar refractivity (Wildman–Crippen MR) is 120 cm³/mol. The van der Waals surface area contributed by atoms with E-state index in [2.05, 4.69) is 10.3 Å². The number of rotatable bonds is 3. The Kier molecular flexibility index (Phi) is 5.68. The number of aromatic nitrogens is 1. The molecule has 5 rings (SSSR count). The van der Waals surface area contributed by atoms with Gasteiger partial charge in [-0.2, -0.15) is 13.2 Å². The molecule has 2 aliphatic heterocycles. The SMILES string of the molecule is CO[C@H]1CC[C@H](C(=O)N2Cc3cccnc3Nc3ccc(N4CC(C(F)(F)F)C4)cc32)CC1. The Morgan fingerprint density at radius 1 is 1.15 bits per heavy atom. The summed E-state index contributed by atoms with van der Waals surface area (Å²) >= 11 is 0. The second kappa shape index (κ2) is 8.52. The predicted octanol–water partition coefficient (Wildman–Crippen LogP) is 4.88. The number of fused-ring (bicyclic) bond motifs is 2. The maximum atomic E-state index is 13.7. The molecule has 1 aromatic carbocycles. The molecule has 33 heavy (non-hydrogen) atoms. The summed E-state index contributed by atoms with van der Waals surface area (Å²) in [6.07, 6.45) is 0.913. The summed E-state index contributed by atoms with van der Waals surface area (Å²) < 4.78 is 44.4. The van der Waals surface area contributed by atoms with Crippen molar-refractivity contribution in [3.8, 4) is 0 Å². The number of nitrogens with zero attached hydrogens (tertiary/aromatic N) is 3. The van der Waals surface area contributed by atoms with E-state index in [1.165, 1.54) is 0 Å². The summed E-state index contributed by atoms with van der Waals surface area (Å²) in [7, 11) is 1.70. The van der Waals surface area contributed by atoms with Crippen molar-refractivity contribution in [3.63, 3.8) is 0 Å². The molecule has 9 heteroatoms. The normalized spacial score (nSPS) is 23.2. The third-order valence-electron chi connectivity index (χ3n) is 7.08. The number of nitrogens with one attached hydrogen (secondary N) is 1. The number of alkyl halides is 3. The smallest absolute Gasteiger partial charge is 0.381 e. The van der Waals surface area contributed by atoms with Gasteiger partial charge in [0.1, 0.15) is 5.82 Å². The zero-order valence-corrected chi connectivity index (χ0v) is 18.4. The number of hydrogen-bond acceptors (Lipinski definition) is 5. The summed E-state index contributed by atoms with van der Waals surface area (Å²) in [4.78, 5) is 21.6. The highest BCUT2D eigenvalue weighted by atomic mass is 19.4. The number of methoxy groups -OCH3 is 1. The van der Waals surface area contributed by atoms with Crippen molar-refractivity contribution in [2.45, 2.75) is 44.5 Å². The molecule has 2 fully saturated rings. The molecule has 0 bridgehead atoms. The Labute approximate surface area is 190 Å². The maximum Gasteiger partial charge on any atom is 0.395 e. The highest BCUT2D eigenvalue weighted by Crippen LogP contribution is 2.42. The molecular weight excluding hydrogens is 433 g/mol. The summed E-state index contributed by atoms with van der Waals surface area (Å²) in [5, 5.41) is 3.32. The first-order valence-electron chi connectivity index (χ1n) is 11.3. The maximum absolute atomic E-state index is 13.7. The molecule has 3 aliphatic rings. The van der Waals surface area contributed by atoms with Gasteiger partial charge < -0.3 is 19.9 Å². The molecule has 0 unspecified atom stereocenters. The molecule has 1 aliphatic carbocycles. The van der Waals surface area contributed by atoms with E-state index in [-0.39, 0.29) is 31.0 Å². The first-order chi connectivity index (χ1) is 15.8. The van der Waals surface area contributed by atoms with Gasteiger partial charge in [-0.15, -0.1) is 0 Å². The lowest BCUT2D eigenvalue weighted by Gasteiger charge is -2.42. The Balaban J connectivity index is 1.45. The zero-order chi connectivity index (χ0) is 23.2. The van der Waals surface area contributed by atoms with Crippen LogP contribution in [0, 0.1) is 11.8 Å². The van der Waals surface area contributed by atoms with Gasteiger partial charge in [-0.1, -0.05) is 6.07 Å². The van der Waals surface area contributed by atoms with Crippen molar-refractivity contribution in [2.75, 3.05) is 35.3 Å². The van der Waals surface area contributed by atoms with Crippen LogP contribution in [0.2, 0.25) is 0 Å². The van der Waals surface area contributed by atoms with Crippen LogP contribution in [0.3, 0.4) is 0 Å². The number of anilines is 4. The van der Waals surface area contributed by atoms with Crippen molar-refractivity contribution < 1.29 is 22.7 Å². The van der Waals surface area contributed by atoms with Crippen molar-refractivity contribution >= 4 is 28.8 Å². The lowest BCUT2D eigenvalue weighted by atomic mass is 9.86. The largest absolute Gasteiger partial charge is 0.395 e. The van der Waals surface area contributed by atoms with Crippen LogP contribution < -0.4 is 15.1 Å². The average molecular weight is 461 g/mol. The van der Waals surface area contributed by atoms with Crippen LogP contribution in [0.4, 0.5) is 36.1 Å². The molecule has 0 spiro atoms. The zero-order valence-electron chi connectivity index (χ0n) is 18.4. The second-order valence-corrected chi connectivity index (χ2v) is 9.11. The minimum Gasteiger partial charge on any atom is -0.381 e. The van der Waals surface area contributed by atoms with Crippen LogP contribution >= 0.6 is 0 Å². The van der Waals surface area contributed by atoms with Crippen molar-refractivity contribution in [1.29, 1.82) is 0 Å². The first kappa shape index (κ1) is 22.0. The number of amides is 1. The van der Waals surface area contributed by atoms with E-state index in [1.54, 1.807) is 29.2 Å². The molecule has 1 amide bonds. The highest BCUT2D eigenvalue weighted by molar-refractivity contribution is 6.00. The fourth-order valence-electron chi connectivity index (χ4n) is 4.97. The van der Waals surface area contributed by atoms with E-state index in [9.17, 15) is 18.0 Å². The molecule has 1 saturated heterocycles. The van der Waals surface area contributed by atoms with Crippen LogP contribution in [0.1, 0.15) is 31.2 Å². The Hall–Kier alpha value is -2.81. The minimum atomic E-state index is -4.18. The van der Waals surface area contributed by atoms with Gasteiger partial charge in [-0.3, -0.25) is 4.79 Å². The summed E-state index contributed by atoms with van der Waals surface area (Å²) in [6.45, 7) is 0.236. The van der Waals surface area contributed by atoms with Crippen LogP contribution in [0.15, 0.2) is 36.5 Å². The van der Waals surface area contributed by atoms with Gasteiger partial charge in [-0.25, -0.2) is 4.98 Å². The van der Waals surface area contributed by atoms with E-state index in [0.29, 0.717) is 23.7 Å². The molecular formula is C24H27F3N4O2. The summed E-state index contributed by atoms with van der Waals surface area (Å²) in [5.41, 5.74) is 2.99. The molecule has 176 valence electrons. The van der Waals surface area contributed by atoms with Crippen LogP contribution in [0.25, 0.3) is 0 Å². The Morgan fingerprint density at radius 3 is 2.61 bits per heavy atom. The van der Waals surface area contributed by atoms with Gasteiger partial charge in [0.2, 0.25) is 5.91 Å². The third-order valence-corrected chi connectivity index (χ3v) is 7.08. The van der Waals surface area contributed by atoms with E-state index < -0.39 is 12.1 Å². The number of ether oxygens (including phenoxy) is 1. The van der Waals surface area contributed by atoms with Gasteiger partial charge in [-0.05, 0) is 49.9 Å². The standard InChI is InChI=1S/C24H27F3N4O2/c1-33-19-7-4-15(5-8-19)23(32)31-12-16-3-2-10-28-22(16)29-20-9-6-18(11-21(20)31)30-13-17(14-30)24(25,26)27/h2-3,6,9-11,15,17,19H,4-5,7-8,12-14H2,1H3,(H,28,29)/t15-,19-. The monoisotopic (exact) mass is 460 g/mol. The number of benzene rings is 1. The molecule has 6 nitrogen and oxygen atoms in total. The van der Waals surface area contributed by atoms with Crippen molar-refractivity contribution in [2.24, 2.45) is 11.8 Å². The molecule has 2 aromatic rings. The molecule has 3 heterocycles. The second-order valence-electron chi connectivity index (χ2n) is 9.11. The van der Waals surface area contributed by atoms with Gasteiger partial charge in [0.25, 0.3) is 0 Å². The number of pyridine rings is 1. The lowest BCUT2D eigenvalue weighted by Crippen LogP contribution is -2.53. The van der Waals surface area contributed by atoms with Gasteiger partial charge in [0.05, 0.1) is 29.9 Å². The Morgan fingerprint density at radius 2 is 1.91 bits per heavy atom. The fourth-order valence-corrected chi connectivity index (χ4v) is 4.97. The number of carbonyl (C=O) groups is 1. The highest BCUT2D eigenvalue weighted by Gasteiger charge is 2.47. The lowest BCUT2D eigenvalue weighted by molar-refractivity contribution is -0.180. The topological polar surface area (TPSA) is 57.7 Å². The van der Waals surface area contributed by atoms with Gasteiger partial charge in [0.15, 0.2) is 0 Å². The van der Waals surface area contributed by atoms with E-state index in [4.69, 9.17) is 4.74 Å². The number of hydrogen-bond donors (Lipinski definition) is 1. The first-order valence-corrected chi connectivity index (χ1v) is 11.3. The van der Waals surface area contributed by atoms with Crippen molar-refractivity contribution in [3.05, 3.63) is 42.1 Å². The minimum absolute atomic E-state index is 0.0400. The number of carbonyl (C=O) groups excluding carboxylic acids is 1. The molecule has 0 radical (unpaired) electrons. The third kappa shape index (κ3) is 4.26. The van der Waals surface area contributed by atoms with Crippen LogP contribution in [-0.4, -0.2) is 43.4 Å². The Bertz CT molecular complexity index is 1030. The van der Waals surface area contributed by atoms with E-state index in [0.717, 1.165) is 36.9 Å². The fraction of sp³-hybridized carbons (Fsp3) is 0.500. The quantitative estimate of drug-likeness (QED) is 0.708. The number of halogens is 3. The van der Waals surface area contributed by atoms with Crippen LogP contribution in [0.5, 0.6) is 0 Å². The van der Waals surface area contributed by atoms with E-state index in [1.807, 2.05) is 24.3 Å². The molecule has 1 N–H and O–H groups in total. The van der Waals surface area contributed by atoms with E-state index >= 15 is 0 Å². The average Bonchev–Trinajstić information content (AvgIpc) is 2.93. The van der Waals surface area contributed by atoms with Gasteiger partial charge >= 0.3 is 6.18 Å². The van der Waals surface area contributed by atoms with Crippen molar-refractivity contribution in [1.82, 2.24) is 4.98 Å². The van der Waals surface area contributed by atoms with Crippen LogP contribution in [-0.2, 0) is 16.1 Å². The molecule has 0 atom stereocenters. The van der Waals surface area contributed by atoms with Gasteiger partial charge in [0, 0.05) is 43.6 Å². The summed E-state index contributed by atoms with van der Waals surface area (Å²) in [6, 6.07) is 9.25.